The van der Waals surface area contributed by atoms with E-state index in [4.69, 9.17) is 17.1 Å². The summed E-state index contributed by atoms with van der Waals surface area (Å²) in [5.74, 6) is 0. The van der Waals surface area contributed by atoms with Crippen LogP contribution in [-0.4, -0.2) is 35.4 Å². The summed E-state index contributed by atoms with van der Waals surface area (Å²) in [6, 6.07) is 7.35. The summed E-state index contributed by atoms with van der Waals surface area (Å²) < 4.78 is 41.0. The number of hydrogen-bond acceptors (Lipinski definition) is 5. The van der Waals surface area contributed by atoms with Crippen molar-refractivity contribution in [2.75, 3.05) is 30.8 Å². The van der Waals surface area contributed by atoms with Gasteiger partial charge in [-0.15, -0.1) is 0 Å². The fraction of sp³-hybridized carbons (Fsp3) is 0.400. The molecule has 0 saturated carbocycles. The van der Waals surface area contributed by atoms with Crippen LogP contribution in [0.1, 0.15) is 32.3 Å². The molecule has 0 fully saturated rings. The van der Waals surface area contributed by atoms with Crippen molar-refractivity contribution in [3.05, 3.63) is 40.5 Å². The fourth-order valence-corrected chi connectivity index (χ4v) is 4.17. The van der Waals surface area contributed by atoms with Crippen LogP contribution in [0.15, 0.2) is 44.9 Å². The second kappa shape index (κ2) is 11.9. The van der Waals surface area contributed by atoms with Crippen LogP contribution in [0.3, 0.4) is 0 Å². The molecule has 0 amide bonds. The Hall–Kier alpha value is -1.56. The maximum atomic E-state index is 13.5. The van der Waals surface area contributed by atoms with Gasteiger partial charge < -0.3 is 10.6 Å². The van der Waals surface area contributed by atoms with Crippen molar-refractivity contribution in [3.63, 3.8) is 0 Å². The number of alkyl halides is 3. The SMILES string of the molecule is CCCCNc1cc(Br)nc(Sc2cc(NC(=S)N(C)OCC)cc(C(F)(F)F)c2)c1. The predicted molar refractivity (Wildman–Crippen MR) is 127 cm³/mol. The van der Waals surface area contributed by atoms with E-state index in [1.165, 1.54) is 5.06 Å². The van der Waals surface area contributed by atoms with Gasteiger partial charge in [0.1, 0.15) is 9.63 Å². The second-order valence-corrected chi connectivity index (χ2v) is 8.78. The van der Waals surface area contributed by atoms with E-state index in [9.17, 15) is 13.2 Å². The van der Waals surface area contributed by atoms with Crippen LogP contribution in [0.25, 0.3) is 0 Å². The number of unbranched alkanes of at least 4 members (excludes halogenated alkanes) is 1. The van der Waals surface area contributed by atoms with E-state index in [0.717, 1.165) is 49.0 Å². The summed E-state index contributed by atoms with van der Waals surface area (Å²) in [6.07, 6.45) is -2.43. The average Bonchev–Trinajstić information content (AvgIpc) is 2.67. The van der Waals surface area contributed by atoms with Gasteiger partial charge in [0.25, 0.3) is 0 Å². The highest BCUT2D eigenvalue weighted by Gasteiger charge is 2.31. The predicted octanol–water partition coefficient (Wildman–Crippen LogP) is 6.81. The number of nitrogens with zero attached hydrogens (tertiary/aromatic N) is 2. The minimum atomic E-state index is -4.50. The van der Waals surface area contributed by atoms with Crippen molar-refractivity contribution in [1.29, 1.82) is 0 Å². The summed E-state index contributed by atoms with van der Waals surface area (Å²) in [5.41, 5.74) is 0.283. The Labute approximate surface area is 198 Å². The quantitative estimate of drug-likeness (QED) is 0.158. The minimum Gasteiger partial charge on any atom is -0.385 e. The lowest BCUT2D eigenvalue weighted by atomic mass is 10.2. The van der Waals surface area contributed by atoms with Crippen LogP contribution in [0.4, 0.5) is 24.5 Å². The van der Waals surface area contributed by atoms with Gasteiger partial charge >= 0.3 is 6.18 Å². The normalized spacial score (nSPS) is 11.3. The molecule has 0 atom stereocenters. The Morgan fingerprint density at radius 2 is 1.94 bits per heavy atom. The number of nitrogens with one attached hydrogen (secondary N) is 2. The summed E-state index contributed by atoms with van der Waals surface area (Å²) in [5, 5.41) is 8.11. The molecule has 0 aliphatic rings. The highest BCUT2D eigenvalue weighted by Crippen LogP contribution is 2.37. The molecule has 0 aliphatic carbocycles. The number of thiocarbonyl (C=S) groups is 1. The molecule has 0 saturated heterocycles. The number of anilines is 2. The van der Waals surface area contributed by atoms with Crippen LogP contribution in [-0.2, 0) is 11.0 Å². The molecule has 11 heteroatoms. The third-order valence-electron chi connectivity index (χ3n) is 3.95. The first-order valence-electron chi connectivity index (χ1n) is 9.61. The van der Waals surface area contributed by atoms with Crippen molar-refractivity contribution < 1.29 is 18.0 Å². The maximum Gasteiger partial charge on any atom is 0.416 e. The van der Waals surface area contributed by atoms with Gasteiger partial charge in [-0.3, -0.25) is 4.84 Å². The van der Waals surface area contributed by atoms with Gasteiger partial charge in [0.2, 0.25) is 0 Å². The molecule has 0 unspecified atom stereocenters. The molecule has 1 aromatic carbocycles. The smallest absolute Gasteiger partial charge is 0.385 e. The van der Waals surface area contributed by atoms with E-state index in [-0.39, 0.29) is 10.8 Å². The highest BCUT2D eigenvalue weighted by molar-refractivity contribution is 9.10. The van der Waals surface area contributed by atoms with Crippen LogP contribution in [0.5, 0.6) is 0 Å². The molecule has 2 aromatic rings. The first-order chi connectivity index (χ1) is 14.6. The van der Waals surface area contributed by atoms with Gasteiger partial charge in [0.15, 0.2) is 5.11 Å². The zero-order chi connectivity index (χ0) is 23.0. The molecule has 1 heterocycles. The molecule has 5 nitrogen and oxygen atoms in total. The third kappa shape index (κ3) is 8.47. The summed E-state index contributed by atoms with van der Waals surface area (Å²) >= 11 is 9.70. The molecule has 170 valence electrons. The third-order valence-corrected chi connectivity index (χ3v) is 5.60. The number of halogens is 4. The molecule has 2 N–H and O–H groups in total. The first kappa shape index (κ1) is 25.7. The second-order valence-electron chi connectivity index (χ2n) is 6.49. The Kier molecular flexibility index (Phi) is 9.86. The number of rotatable bonds is 9. The zero-order valence-corrected chi connectivity index (χ0v) is 20.6. The van der Waals surface area contributed by atoms with Crippen molar-refractivity contribution in [2.45, 2.75) is 42.8 Å². The van der Waals surface area contributed by atoms with E-state index in [2.05, 4.69) is 38.5 Å². The van der Waals surface area contributed by atoms with E-state index in [1.807, 2.05) is 12.1 Å². The Morgan fingerprint density at radius 3 is 2.58 bits per heavy atom. The summed E-state index contributed by atoms with van der Waals surface area (Å²) in [6.45, 7) is 5.07. The van der Waals surface area contributed by atoms with Gasteiger partial charge in [-0.25, -0.2) is 10.0 Å². The summed E-state index contributed by atoms with van der Waals surface area (Å²) in [4.78, 5) is 10.0. The Morgan fingerprint density at radius 1 is 1.19 bits per heavy atom. The first-order valence-corrected chi connectivity index (χ1v) is 11.6. The Balaban J connectivity index is 2.30. The van der Waals surface area contributed by atoms with Crippen LogP contribution < -0.4 is 10.6 Å². The lowest BCUT2D eigenvalue weighted by Crippen LogP contribution is -2.31. The van der Waals surface area contributed by atoms with Crippen LogP contribution >= 0.6 is 39.9 Å². The number of hydroxylamine groups is 2. The monoisotopic (exact) mass is 536 g/mol. The zero-order valence-electron chi connectivity index (χ0n) is 17.3. The number of benzene rings is 1. The molecular weight excluding hydrogens is 513 g/mol. The summed E-state index contributed by atoms with van der Waals surface area (Å²) in [7, 11) is 1.58. The van der Waals surface area contributed by atoms with Crippen LogP contribution in [0, 0.1) is 0 Å². The lowest BCUT2D eigenvalue weighted by molar-refractivity contribution is -0.137. The van der Waals surface area contributed by atoms with Crippen LogP contribution in [0.2, 0.25) is 0 Å². The Bertz CT molecular complexity index is 899. The largest absolute Gasteiger partial charge is 0.416 e. The fourth-order valence-electron chi connectivity index (χ4n) is 2.51. The van der Waals surface area contributed by atoms with Crippen molar-refractivity contribution in [2.24, 2.45) is 0 Å². The molecule has 0 aliphatic heterocycles. The van der Waals surface area contributed by atoms with E-state index in [1.54, 1.807) is 20.0 Å². The lowest BCUT2D eigenvalue weighted by Gasteiger charge is -2.20. The molecule has 0 bridgehead atoms. The van der Waals surface area contributed by atoms with Gasteiger partial charge in [-0.2, -0.15) is 13.2 Å². The molecule has 0 radical (unpaired) electrons. The van der Waals surface area contributed by atoms with Gasteiger partial charge in [0.05, 0.1) is 12.2 Å². The number of aromatic nitrogens is 1. The molecule has 1 aromatic heterocycles. The van der Waals surface area contributed by atoms with E-state index in [0.29, 0.717) is 21.1 Å². The van der Waals surface area contributed by atoms with Gasteiger partial charge in [-0.1, -0.05) is 25.1 Å². The number of hydrogen-bond donors (Lipinski definition) is 2. The topological polar surface area (TPSA) is 49.4 Å². The van der Waals surface area contributed by atoms with Crippen molar-refractivity contribution in [3.8, 4) is 0 Å². The van der Waals surface area contributed by atoms with Crippen molar-refractivity contribution in [1.82, 2.24) is 10.0 Å². The van der Waals surface area contributed by atoms with Gasteiger partial charge in [0, 0.05) is 29.9 Å². The maximum absolute atomic E-state index is 13.5. The van der Waals surface area contributed by atoms with E-state index >= 15 is 0 Å². The molecule has 31 heavy (non-hydrogen) atoms. The number of pyridine rings is 1. The molecule has 0 spiro atoms. The highest BCUT2D eigenvalue weighted by atomic mass is 79.9. The molecule has 2 rings (SSSR count). The standard InChI is InChI=1S/C20H24BrF3N4OS2/c1-4-6-7-25-14-11-17(21)27-18(12-14)31-16-9-13(20(22,23)24)8-15(10-16)26-19(30)28(3)29-5-2/h8-12H,4-7H2,1-3H3,(H,25,27)(H,26,30). The van der Waals surface area contributed by atoms with Gasteiger partial charge in [-0.05, 0) is 71.8 Å². The van der Waals surface area contributed by atoms with Crippen molar-refractivity contribution >= 4 is 56.4 Å². The average molecular weight is 537 g/mol. The van der Waals surface area contributed by atoms with E-state index < -0.39 is 11.7 Å². The molecular formula is C20H24BrF3N4OS2. The minimum absolute atomic E-state index is 0.153.